The molecule has 44 valence electrons. The Morgan fingerprint density at radius 1 is 1.71 bits per heavy atom. The summed E-state index contributed by atoms with van der Waals surface area (Å²) in [5.41, 5.74) is 0. The molecule has 0 amide bonds. The van der Waals surface area contributed by atoms with Gasteiger partial charge in [0.2, 0.25) is 0 Å². The van der Waals surface area contributed by atoms with Crippen LogP contribution in [-0.4, -0.2) is 18.2 Å². The highest BCUT2D eigenvalue weighted by Crippen LogP contribution is 2.39. The van der Waals surface area contributed by atoms with Crippen LogP contribution in [0.3, 0.4) is 0 Å². The van der Waals surface area contributed by atoms with Crippen molar-refractivity contribution in [2.75, 3.05) is 12.8 Å². The van der Waals surface area contributed by atoms with Gasteiger partial charge in [-0.1, -0.05) is 13.8 Å². The molecule has 2 heteroatoms. The topological polar surface area (TPSA) is 0 Å². The zero-order valence-corrected chi connectivity index (χ0v) is 7.36. The van der Waals surface area contributed by atoms with Gasteiger partial charge < -0.3 is 0 Å². The Morgan fingerprint density at radius 3 is 2.14 bits per heavy atom. The van der Waals surface area contributed by atoms with E-state index in [1.165, 1.54) is 6.16 Å². The maximum atomic E-state index is 2.85. The Morgan fingerprint density at radius 2 is 2.14 bits per heavy atom. The van der Waals surface area contributed by atoms with Crippen LogP contribution >= 0.6 is 17.2 Å². The highest BCUT2D eigenvalue weighted by Gasteiger charge is 2.00. The van der Waals surface area contributed by atoms with Crippen LogP contribution in [0.5, 0.6) is 0 Å². The maximum Gasteiger partial charge on any atom is -0.00929 e. The van der Waals surface area contributed by atoms with E-state index in [-0.39, 0.29) is 0 Å². The zero-order valence-electron chi connectivity index (χ0n) is 5.31. The van der Waals surface area contributed by atoms with E-state index >= 15 is 0 Å². The lowest BCUT2D eigenvalue weighted by Gasteiger charge is -2.11. The summed E-state index contributed by atoms with van der Waals surface area (Å²) in [7, 11) is 3.17. The molecule has 0 aliphatic rings. The van der Waals surface area contributed by atoms with Crippen LogP contribution < -0.4 is 0 Å². The molecule has 0 bridgehead atoms. The van der Waals surface area contributed by atoms with E-state index in [0.717, 1.165) is 5.40 Å². The van der Waals surface area contributed by atoms with E-state index in [9.17, 15) is 0 Å². The minimum Gasteiger partial charge on any atom is -0.130 e. The average molecular weight is 136 g/mol. The molecule has 0 N–H and O–H groups in total. The normalized spacial score (nSPS) is 18.9. The fourth-order valence-corrected chi connectivity index (χ4v) is 1.50. The van der Waals surface area contributed by atoms with E-state index in [0.29, 0.717) is 7.92 Å². The number of hydrogen-bond donors (Lipinski definition) is 0. The number of hydrogen-bond acceptors (Lipinski definition) is 0. The second kappa shape index (κ2) is 3.81. The molecule has 0 aromatic heterocycles. The fourth-order valence-electron chi connectivity index (χ4n) is 0.288. The van der Waals surface area contributed by atoms with Crippen molar-refractivity contribution in [2.45, 2.75) is 19.2 Å². The van der Waals surface area contributed by atoms with Crippen LogP contribution in [-0.2, 0) is 0 Å². The van der Waals surface area contributed by atoms with Crippen LogP contribution in [0.2, 0.25) is 0 Å². The average Bonchev–Trinajstić information content (AvgIpc) is 1.65. The molecule has 0 rings (SSSR count). The molecule has 0 radical (unpaired) electrons. The van der Waals surface area contributed by atoms with Crippen molar-refractivity contribution in [3.63, 3.8) is 0 Å². The Bertz CT molecular complexity index is 43.3. The van der Waals surface area contributed by atoms with E-state index in [1.807, 2.05) is 0 Å². The first-order valence-electron chi connectivity index (χ1n) is 2.64. The summed E-state index contributed by atoms with van der Waals surface area (Å²) >= 11 is 0. The number of rotatable bonds is 2. The molecule has 3 atom stereocenters. The van der Waals surface area contributed by atoms with Crippen LogP contribution in [0.4, 0.5) is 0 Å². The van der Waals surface area contributed by atoms with Crippen molar-refractivity contribution >= 4 is 17.2 Å². The monoisotopic (exact) mass is 136 g/mol. The third kappa shape index (κ3) is 3.44. The van der Waals surface area contributed by atoms with Gasteiger partial charge in [-0.15, -0.1) is 17.2 Å². The SMILES string of the molecule is CCP(C)C(C)P. The molecule has 0 fully saturated rings. The van der Waals surface area contributed by atoms with Gasteiger partial charge in [0.05, 0.1) is 0 Å². The summed E-state index contributed by atoms with van der Waals surface area (Å²) in [6.45, 7) is 6.86. The van der Waals surface area contributed by atoms with Crippen LogP contribution in [0.1, 0.15) is 13.8 Å². The van der Waals surface area contributed by atoms with Crippen molar-refractivity contribution in [1.82, 2.24) is 0 Å². The second-order valence-corrected chi connectivity index (χ2v) is 6.34. The molecule has 0 aromatic rings. The fraction of sp³-hybridized carbons (Fsp3) is 1.00. The molecule has 0 aromatic carbocycles. The molecule has 0 nitrogen and oxygen atoms in total. The summed E-state index contributed by atoms with van der Waals surface area (Å²) in [6, 6.07) is 0. The molecule has 0 saturated carbocycles. The Hall–Kier alpha value is 0.860. The molecule has 3 unspecified atom stereocenters. The van der Waals surface area contributed by atoms with Gasteiger partial charge in [-0.3, -0.25) is 0 Å². The van der Waals surface area contributed by atoms with E-state index < -0.39 is 0 Å². The standard InChI is InChI=1S/C5H14P2/c1-4-7(3)5(2)6/h5H,4,6H2,1-3H3. The third-order valence-corrected chi connectivity index (χ3v) is 5.11. The summed E-state index contributed by atoms with van der Waals surface area (Å²) in [5.74, 6) is 0. The first-order chi connectivity index (χ1) is 3.18. The summed E-state index contributed by atoms with van der Waals surface area (Å²) < 4.78 is 0. The smallest absolute Gasteiger partial charge is 0.00929 e. The minimum atomic E-state index is 0.326. The van der Waals surface area contributed by atoms with Crippen molar-refractivity contribution < 1.29 is 0 Å². The summed E-state index contributed by atoms with van der Waals surface area (Å²) in [4.78, 5) is 0. The summed E-state index contributed by atoms with van der Waals surface area (Å²) in [6.07, 6.45) is 1.36. The Labute approximate surface area is 50.0 Å². The Balaban J connectivity index is 3.14. The molecule has 0 aliphatic heterocycles. The van der Waals surface area contributed by atoms with Gasteiger partial charge in [-0.2, -0.15) is 0 Å². The third-order valence-electron chi connectivity index (χ3n) is 1.19. The highest BCUT2D eigenvalue weighted by molar-refractivity contribution is 7.64. The molecule has 0 heterocycles. The predicted octanol–water partition coefficient (Wildman–Crippen LogP) is 2.34. The summed E-state index contributed by atoms with van der Waals surface area (Å²) in [5, 5.41) is 0.847. The molecule has 7 heavy (non-hydrogen) atoms. The predicted molar refractivity (Wildman–Crippen MR) is 42.6 cm³/mol. The van der Waals surface area contributed by atoms with Crippen molar-refractivity contribution in [3.05, 3.63) is 0 Å². The van der Waals surface area contributed by atoms with Gasteiger partial charge in [0.25, 0.3) is 0 Å². The van der Waals surface area contributed by atoms with Crippen molar-refractivity contribution in [2.24, 2.45) is 0 Å². The van der Waals surface area contributed by atoms with Gasteiger partial charge in [-0.05, 0) is 18.2 Å². The quantitative estimate of drug-likeness (QED) is 0.511. The van der Waals surface area contributed by atoms with E-state index in [4.69, 9.17) is 0 Å². The highest BCUT2D eigenvalue weighted by atomic mass is 31.2. The largest absolute Gasteiger partial charge is 0.130 e. The molecule has 0 aliphatic carbocycles. The van der Waals surface area contributed by atoms with Gasteiger partial charge in [0, 0.05) is 0 Å². The lowest BCUT2D eigenvalue weighted by Crippen LogP contribution is -1.86. The maximum absolute atomic E-state index is 2.85. The molecule has 0 saturated heterocycles. The first kappa shape index (κ1) is 7.86. The van der Waals surface area contributed by atoms with Gasteiger partial charge in [-0.25, -0.2) is 0 Å². The lowest BCUT2D eigenvalue weighted by molar-refractivity contribution is 1.35. The molecular weight excluding hydrogens is 122 g/mol. The lowest BCUT2D eigenvalue weighted by atomic mass is 10.9. The van der Waals surface area contributed by atoms with E-state index in [2.05, 4.69) is 29.8 Å². The van der Waals surface area contributed by atoms with Crippen molar-refractivity contribution in [1.29, 1.82) is 0 Å². The van der Waals surface area contributed by atoms with Gasteiger partial charge in [0.1, 0.15) is 0 Å². The van der Waals surface area contributed by atoms with Crippen LogP contribution in [0, 0.1) is 0 Å². The minimum absolute atomic E-state index is 0.326. The Kier molecular flexibility index (Phi) is 4.28. The molecular formula is C5H14P2. The zero-order chi connectivity index (χ0) is 5.86. The van der Waals surface area contributed by atoms with E-state index in [1.54, 1.807) is 0 Å². The second-order valence-electron chi connectivity index (χ2n) is 1.81. The van der Waals surface area contributed by atoms with Gasteiger partial charge >= 0.3 is 0 Å². The van der Waals surface area contributed by atoms with Gasteiger partial charge in [0.15, 0.2) is 0 Å². The molecule has 0 spiro atoms. The van der Waals surface area contributed by atoms with Crippen molar-refractivity contribution in [3.8, 4) is 0 Å². The first-order valence-corrected chi connectivity index (χ1v) is 5.35. The van der Waals surface area contributed by atoms with Crippen LogP contribution in [0.15, 0.2) is 0 Å². The van der Waals surface area contributed by atoms with Crippen LogP contribution in [0.25, 0.3) is 0 Å².